The second-order valence-corrected chi connectivity index (χ2v) is 5.64. The summed E-state index contributed by atoms with van der Waals surface area (Å²) in [7, 11) is 0. The van der Waals surface area contributed by atoms with Gasteiger partial charge in [0.15, 0.2) is 11.5 Å². The molecule has 5 nitrogen and oxygen atoms in total. The summed E-state index contributed by atoms with van der Waals surface area (Å²) in [5.74, 6) is 0.887. The topological polar surface area (TPSA) is 55.1 Å². The molecular formula is C15H14ClN5. The van der Waals surface area contributed by atoms with Gasteiger partial charge in [-0.05, 0) is 43.7 Å². The molecule has 2 aromatic heterocycles. The molecule has 1 aromatic carbocycles. The zero-order valence-corrected chi connectivity index (χ0v) is 12.1. The minimum atomic E-state index is 0.243. The van der Waals surface area contributed by atoms with Crippen molar-refractivity contribution in [1.82, 2.24) is 25.1 Å². The van der Waals surface area contributed by atoms with E-state index in [1.165, 1.54) is 0 Å². The van der Waals surface area contributed by atoms with Crippen LogP contribution in [0.2, 0.25) is 5.02 Å². The Balaban J connectivity index is 1.80. The van der Waals surface area contributed by atoms with Gasteiger partial charge in [-0.25, -0.2) is 0 Å². The molecule has 6 heteroatoms. The summed E-state index contributed by atoms with van der Waals surface area (Å²) in [6, 6.07) is 11.8. The van der Waals surface area contributed by atoms with E-state index in [0.717, 1.165) is 47.1 Å². The number of hydrogen-bond donors (Lipinski definition) is 1. The van der Waals surface area contributed by atoms with Gasteiger partial charge < -0.3 is 5.32 Å². The van der Waals surface area contributed by atoms with Crippen LogP contribution in [-0.2, 0) is 0 Å². The van der Waals surface area contributed by atoms with Crippen LogP contribution in [-0.4, -0.2) is 26.4 Å². The van der Waals surface area contributed by atoms with Crippen molar-refractivity contribution >= 4 is 17.2 Å². The summed E-state index contributed by atoms with van der Waals surface area (Å²) in [6.07, 6.45) is 2.24. The second kappa shape index (κ2) is 5.09. The number of halogens is 1. The van der Waals surface area contributed by atoms with E-state index in [9.17, 15) is 0 Å². The maximum Gasteiger partial charge on any atom is 0.178 e. The first-order valence-electron chi connectivity index (χ1n) is 7.03. The molecule has 0 unspecified atom stereocenters. The standard InChI is InChI=1S/C15H14ClN5/c16-11-5-3-10(4-6-11)12-7-8-14-18-19-15(21(14)20-12)13-2-1-9-17-13/h3-8,13,17H,1-2,9H2/t13-/m0/s1. The number of aromatic nitrogens is 4. The average molecular weight is 300 g/mol. The first-order chi connectivity index (χ1) is 10.3. The van der Waals surface area contributed by atoms with Gasteiger partial charge in [0.05, 0.1) is 11.7 Å². The Kier molecular flexibility index (Phi) is 3.09. The van der Waals surface area contributed by atoms with Crippen LogP contribution >= 0.6 is 11.6 Å². The lowest BCUT2D eigenvalue weighted by atomic mass is 10.1. The van der Waals surface area contributed by atoms with Gasteiger partial charge in [-0.1, -0.05) is 23.7 Å². The molecule has 1 aliphatic heterocycles. The predicted molar refractivity (Wildman–Crippen MR) is 81.2 cm³/mol. The summed E-state index contributed by atoms with van der Waals surface area (Å²) >= 11 is 5.93. The lowest BCUT2D eigenvalue weighted by molar-refractivity contribution is 0.585. The predicted octanol–water partition coefficient (Wildman–Crippen LogP) is 2.87. The summed E-state index contributed by atoms with van der Waals surface area (Å²) in [4.78, 5) is 0. The van der Waals surface area contributed by atoms with Crippen molar-refractivity contribution in [3.63, 3.8) is 0 Å². The number of benzene rings is 1. The van der Waals surface area contributed by atoms with E-state index in [0.29, 0.717) is 0 Å². The Hall–Kier alpha value is -1.98. The monoisotopic (exact) mass is 299 g/mol. The fourth-order valence-corrected chi connectivity index (χ4v) is 2.83. The highest BCUT2D eigenvalue weighted by Gasteiger charge is 2.22. The van der Waals surface area contributed by atoms with Gasteiger partial charge in [-0.2, -0.15) is 9.61 Å². The first-order valence-corrected chi connectivity index (χ1v) is 7.41. The van der Waals surface area contributed by atoms with Crippen molar-refractivity contribution in [1.29, 1.82) is 0 Å². The normalized spacial score (nSPS) is 18.4. The molecule has 1 aliphatic rings. The summed E-state index contributed by atoms with van der Waals surface area (Å²) in [6.45, 7) is 1.02. The van der Waals surface area contributed by atoms with Gasteiger partial charge in [-0.15, -0.1) is 10.2 Å². The lowest BCUT2D eigenvalue weighted by Crippen LogP contribution is -2.16. The largest absolute Gasteiger partial charge is 0.307 e. The molecule has 1 atom stereocenters. The molecule has 1 fully saturated rings. The molecule has 0 spiro atoms. The highest BCUT2D eigenvalue weighted by molar-refractivity contribution is 6.30. The van der Waals surface area contributed by atoms with Crippen LogP contribution in [0, 0.1) is 0 Å². The summed E-state index contributed by atoms with van der Waals surface area (Å²) < 4.78 is 1.84. The lowest BCUT2D eigenvalue weighted by Gasteiger charge is -2.08. The quantitative estimate of drug-likeness (QED) is 0.790. The molecule has 1 saturated heterocycles. The van der Waals surface area contributed by atoms with Crippen LogP contribution < -0.4 is 5.32 Å². The Morgan fingerprint density at radius 3 is 2.71 bits per heavy atom. The van der Waals surface area contributed by atoms with Crippen molar-refractivity contribution in [2.75, 3.05) is 6.54 Å². The maximum absolute atomic E-state index is 5.93. The van der Waals surface area contributed by atoms with Gasteiger partial charge >= 0.3 is 0 Å². The third kappa shape index (κ3) is 2.28. The van der Waals surface area contributed by atoms with Crippen LogP contribution in [0.25, 0.3) is 16.9 Å². The summed E-state index contributed by atoms with van der Waals surface area (Å²) in [5.41, 5.74) is 2.69. The van der Waals surface area contributed by atoms with Gasteiger partial charge in [0, 0.05) is 10.6 Å². The average Bonchev–Trinajstić information content (AvgIpc) is 3.16. The van der Waals surface area contributed by atoms with E-state index in [-0.39, 0.29) is 6.04 Å². The Bertz CT molecular complexity index is 774. The van der Waals surface area contributed by atoms with Gasteiger partial charge in [-0.3, -0.25) is 0 Å². The van der Waals surface area contributed by atoms with Crippen molar-refractivity contribution < 1.29 is 0 Å². The Labute approximate surface area is 127 Å². The van der Waals surface area contributed by atoms with E-state index in [2.05, 4.69) is 20.6 Å². The molecule has 0 amide bonds. The highest BCUT2D eigenvalue weighted by atomic mass is 35.5. The molecule has 4 rings (SSSR count). The van der Waals surface area contributed by atoms with E-state index < -0.39 is 0 Å². The van der Waals surface area contributed by atoms with Crippen LogP contribution in [0.3, 0.4) is 0 Å². The van der Waals surface area contributed by atoms with E-state index in [4.69, 9.17) is 11.6 Å². The number of rotatable bonds is 2. The molecule has 106 valence electrons. The van der Waals surface area contributed by atoms with E-state index in [1.54, 1.807) is 0 Å². The third-order valence-electron chi connectivity index (χ3n) is 3.80. The van der Waals surface area contributed by atoms with Crippen LogP contribution in [0.15, 0.2) is 36.4 Å². The maximum atomic E-state index is 5.93. The molecule has 3 heterocycles. The SMILES string of the molecule is Clc1ccc(-c2ccc3nnc([C@@H]4CCCN4)n3n2)cc1. The number of hydrogen-bond acceptors (Lipinski definition) is 4. The van der Waals surface area contributed by atoms with Crippen molar-refractivity contribution in [2.24, 2.45) is 0 Å². The molecule has 0 radical (unpaired) electrons. The fourth-order valence-electron chi connectivity index (χ4n) is 2.70. The van der Waals surface area contributed by atoms with Crippen molar-refractivity contribution in [3.05, 3.63) is 47.2 Å². The molecule has 3 aromatic rings. The highest BCUT2D eigenvalue weighted by Crippen LogP contribution is 2.24. The van der Waals surface area contributed by atoms with Crippen molar-refractivity contribution in [3.8, 4) is 11.3 Å². The number of nitrogens with zero attached hydrogens (tertiary/aromatic N) is 4. The van der Waals surface area contributed by atoms with Crippen LogP contribution in [0.4, 0.5) is 0 Å². The molecule has 0 aliphatic carbocycles. The number of fused-ring (bicyclic) bond motifs is 1. The van der Waals surface area contributed by atoms with Gasteiger partial charge in [0.25, 0.3) is 0 Å². The van der Waals surface area contributed by atoms with E-state index in [1.807, 2.05) is 40.9 Å². The van der Waals surface area contributed by atoms with Crippen LogP contribution in [0.1, 0.15) is 24.7 Å². The van der Waals surface area contributed by atoms with Crippen LogP contribution in [0.5, 0.6) is 0 Å². The molecule has 0 bridgehead atoms. The Morgan fingerprint density at radius 1 is 1.10 bits per heavy atom. The smallest absolute Gasteiger partial charge is 0.178 e. The first kappa shape index (κ1) is 12.7. The van der Waals surface area contributed by atoms with Gasteiger partial charge in [0.2, 0.25) is 0 Å². The van der Waals surface area contributed by atoms with Crippen molar-refractivity contribution in [2.45, 2.75) is 18.9 Å². The second-order valence-electron chi connectivity index (χ2n) is 5.20. The minimum absolute atomic E-state index is 0.243. The molecule has 1 N–H and O–H groups in total. The molecular weight excluding hydrogens is 286 g/mol. The molecule has 0 saturated carbocycles. The zero-order chi connectivity index (χ0) is 14.2. The fraction of sp³-hybridized carbons (Fsp3) is 0.267. The molecule has 21 heavy (non-hydrogen) atoms. The zero-order valence-electron chi connectivity index (χ0n) is 11.3. The summed E-state index contributed by atoms with van der Waals surface area (Å²) in [5, 5.41) is 17.3. The number of nitrogens with one attached hydrogen (secondary N) is 1. The van der Waals surface area contributed by atoms with Gasteiger partial charge in [0.1, 0.15) is 0 Å². The third-order valence-corrected chi connectivity index (χ3v) is 4.05. The minimum Gasteiger partial charge on any atom is -0.307 e. The van der Waals surface area contributed by atoms with E-state index >= 15 is 0 Å². The Morgan fingerprint density at radius 2 is 1.95 bits per heavy atom.